The highest BCUT2D eigenvalue weighted by Crippen LogP contribution is 2.36. The fourth-order valence-corrected chi connectivity index (χ4v) is 4.27. The third kappa shape index (κ3) is 2.42. The van der Waals surface area contributed by atoms with Crippen LogP contribution in [0.1, 0.15) is 23.5 Å². The van der Waals surface area contributed by atoms with Crippen LogP contribution in [0, 0.1) is 0 Å². The Bertz CT molecular complexity index is 895. The molecule has 1 saturated heterocycles. The molecule has 1 amide bonds. The Balaban J connectivity index is 1.74. The monoisotopic (exact) mass is 346 g/mol. The van der Waals surface area contributed by atoms with Crippen LogP contribution in [0.15, 0.2) is 24.5 Å². The Kier molecular flexibility index (Phi) is 3.58. The molecule has 1 aliphatic heterocycles. The summed E-state index contributed by atoms with van der Waals surface area (Å²) in [6.45, 7) is 1.65. The highest BCUT2D eigenvalue weighted by Gasteiger charge is 2.24. The van der Waals surface area contributed by atoms with Gasteiger partial charge in [0.05, 0.1) is 32.0 Å². The average Bonchev–Trinajstić information content (AvgIpc) is 3.26. The summed E-state index contributed by atoms with van der Waals surface area (Å²) in [6.07, 6.45) is 5.60. The molecule has 7 heteroatoms. The number of thiophene rings is 1. The zero-order valence-electron chi connectivity index (χ0n) is 12.6. The highest BCUT2D eigenvalue weighted by molar-refractivity contribution is 7.22. The summed E-state index contributed by atoms with van der Waals surface area (Å²) in [5.41, 5.74) is 1.78. The van der Waals surface area contributed by atoms with E-state index < -0.39 is 0 Å². The molecule has 0 aliphatic carbocycles. The first kappa shape index (κ1) is 14.7. The van der Waals surface area contributed by atoms with Crippen molar-refractivity contribution in [3.8, 4) is 10.6 Å². The van der Waals surface area contributed by atoms with E-state index in [-0.39, 0.29) is 5.91 Å². The van der Waals surface area contributed by atoms with E-state index in [2.05, 4.69) is 9.97 Å². The van der Waals surface area contributed by atoms with Gasteiger partial charge in [0.1, 0.15) is 0 Å². The Morgan fingerprint density at radius 2 is 2.09 bits per heavy atom. The standard InChI is InChI=1S/C16H15ClN4OS/c1-20-12(9-19-15(20)16(22)21-6-2-3-7-21)13-8-11-14(23-13)10(17)4-5-18-11/h4-5,8-9H,2-3,6-7H2,1H3. The number of hydrogen-bond acceptors (Lipinski definition) is 4. The van der Waals surface area contributed by atoms with Crippen molar-refractivity contribution in [1.82, 2.24) is 19.4 Å². The molecule has 0 radical (unpaired) electrons. The van der Waals surface area contributed by atoms with Gasteiger partial charge in [-0.05, 0) is 25.0 Å². The predicted molar refractivity (Wildman–Crippen MR) is 92.0 cm³/mol. The van der Waals surface area contributed by atoms with Crippen molar-refractivity contribution in [3.05, 3.63) is 35.4 Å². The average molecular weight is 347 g/mol. The molecule has 0 unspecified atom stereocenters. The Morgan fingerprint density at radius 1 is 1.30 bits per heavy atom. The summed E-state index contributed by atoms with van der Waals surface area (Å²) in [5, 5.41) is 0.696. The van der Waals surface area contributed by atoms with Gasteiger partial charge in [-0.25, -0.2) is 4.98 Å². The summed E-state index contributed by atoms with van der Waals surface area (Å²) < 4.78 is 2.82. The minimum atomic E-state index is 0.00789. The van der Waals surface area contributed by atoms with E-state index in [1.54, 1.807) is 29.8 Å². The molecule has 0 aromatic carbocycles. The van der Waals surface area contributed by atoms with Crippen LogP contribution >= 0.6 is 22.9 Å². The lowest BCUT2D eigenvalue weighted by atomic mass is 10.3. The fraction of sp³-hybridized carbons (Fsp3) is 0.312. The van der Waals surface area contributed by atoms with Crippen LogP contribution in [0.25, 0.3) is 20.8 Å². The van der Waals surface area contributed by atoms with Gasteiger partial charge in [-0.2, -0.15) is 0 Å². The Morgan fingerprint density at radius 3 is 2.83 bits per heavy atom. The number of imidazole rings is 1. The quantitative estimate of drug-likeness (QED) is 0.712. The Hall–Kier alpha value is -1.92. The molecule has 0 spiro atoms. The first-order valence-corrected chi connectivity index (χ1v) is 8.70. The smallest absolute Gasteiger partial charge is 0.289 e. The predicted octanol–water partition coefficient (Wildman–Crippen LogP) is 3.59. The number of hydrogen-bond donors (Lipinski definition) is 0. The zero-order valence-corrected chi connectivity index (χ0v) is 14.2. The number of nitrogens with zero attached hydrogens (tertiary/aromatic N) is 4. The molecule has 118 valence electrons. The number of pyridine rings is 1. The number of likely N-dealkylation sites (tertiary alicyclic amines) is 1. The maximum absolute atomic E-state index is 12.6. The number of halogens is 1. The van der Waals surface area contributed by atoms with Crippen LogP contribution in [-0.4, -0.2) is 38.4 Å². The Labute approximate surface area is 142 Å². The van der Waals surface area contributed by atoms with Crippen molar-refractivity contribution in [2.45, 2.75) is 12.8 Å². The minimum Gasteiger partial charge on any atom is -0.336 e. The van der Waals surface area contributed by atoms with Gasteiger partial charge in [0.25, 0.3) is 5.91 Å². The number of amides is 1. The maximum atomic E-state index is 12.6. The van der Waals surface area contributed by atoms with Gasteiger partial charge >= 0.3 is 0 Å². The number of rotatable bonds is 2. The third-order valence-corrected chi connectivity index (χ3v) is 5.80. The number of carbonyl (C=O) groups is 1. The van der Waals surface area contributed by atoms with Crippen LogP contribution in [0.2, 0.25) is 5.02 Å². The van der Waals surface area contributed by atoms with Crippen molar-refractivity contribution in [2.75, 3.05) is 13.1 Å². The van der Waals surface area contributed by atoms with E-state index >= 15 is 0 Å². The lowest BCUT2D eigenvalue weighted by molar-refractivity contribution is 0.0777. The molecule has 3 aromatic heterocycles. The molecular weight excluding hydrogens is 332 g/mol. The van der Waals surface area contributed by atoms with E-state index in [0.29, 0.717) is 10.8 Å². The minimum absolute atomic E-state index is 0.00789. The van der Waals surface area contributed by atoms with Gasteiger partial charge < -0.3 is 9.47 Å². The van der Waals surface area contributed by atoms with Gasteiger partial charge in [0.2, 0.25) is 0 Å². The normalized spacial score (nSPS) is 14.8. The topological polar surface area (TPSA) is 51.0 Å². The first-order chi connectivity index (χ1) is 11.1. The second-order valence-corrected chi connectivity index (χ2v) is 7.10. The summed E-state index contributed by atoms with van der Waals surface area (Å²) in [5.74, 6) is 0.493. The van der Waals surface area contributed by atoms with Crippen molar-refractivity contribution >= 4 is 39.1 Å². The van der Waals surface area contributed by atoms with Crippen LogP contribution in [0.5, 0.6) is 0 Å². The van der Waals surface area contributed by atoms with Gasteiger partial charge in [-0.15, -0.1) is 11.3 Å². The molecule has 0 N–H and O–H groups in total. The molecule has 0 atom stereocenters. The van der Waals surface area contributed by atoms with Crippen LogP contribution < -0.4 is 0 Å². The van der Waals surface area contributed by atoms with Crippen molar-refractivity contribution < 1.29 is 4.79 Å². The number of carbonyl (C=O) groups excluding carboxylic acids is 1. The molecule has 1 aliphatic rings. The number of fused-ring (bicyclic) bond motifs is 1. The highest BCUT2D eigenvalue weighted by atomic mass is 35.5. The molecule has 23 heavy (non-hydrogen) atoms. The van der Waals surface area contributed by atoms with Gasteiger partial charge in [0, 0.05) is 26.3 Å². The summed E-state index contributed by atoms with van der Waals surface area (Å²) in [7, 11) is 1.88. The molecule has 4 rings (SSSR count). The SMILES string of the molecule is Cn1c(-c2cc3nccc(Cl)c3s2)cnc1C(=O)N1CCCC1. The van der Waals surface area contributed by atoms with Crippen LogP contribution in [-0.2, 0) is 7.05 Å². The third-order valence-electron chi connectivity index (χ3n) is 4.19. The van der Waals surface area contributed by atoms with Crippen LogP contribution in [0.4, 0.5) is 0 Å². The largest absolute Gasteiger partial charge is 0.336 e. The summed E-state index contributed by atoms with van der Waals surface area (Å²) >= 11 is 7.79. The summed E-state index contributed by atoms with van der Waals surface area (Å²) in [6, 6.07) is 3.78. The molecular formula is C16H15ClN4OS. The fourth-order valence-electron chi connectivity index (χ4n) is 2.93. The van der Waals surface area contributed by atoms with Gasteiger partial charge in [-0.3, -0.25) is 9.78 Å². The molecule has 3 aromatic rings. The van der Waals surface area contributed by atoms with Crippen molar-refractivity contribution in [1.29, 1.82) is 0 Å². The zero-order chi connectivity index (χ0) is 16.0. The molecule has 5 nitrogen and oxygen atoms in total. The first-order valence-electron chi connectivity index (χ1n) is 7.50. The molecule has 4 heterocycles. The van der Waals surface area contributed by atoms with Gasteiger partial charge in [0.15, 0.2) is 5.82 Å². The van der Waals surface area contributed by atoms with Crippen molar-refractivity contribution in [2.24, 2.45) is 7.05 Å². The molecule has 1 fully saturated rings. The van der Waals surface area contributed by atoms with E-state index in [1.165, 1.54) is 0 Å². The maximum Gasteiger partial charge on any atom is 0.289 e. The summed E-state index contributed by atoms with van der Waals surface area (Å²) in [4.78, 5) is 24.1. The lowest BCUT2D eigenvalue weighted by Gasteiger charge is -2.14. The van der Waals surface area contributed by atoms with Crippen molar-refractivity contribution in [3.63, 3.8) is 0 Å². The van der Waals surface area contributed by atoms with Gasteiger partial charge in [-0.1, -0.05) is 11.6 Å². The molecule has 0 saturated carbocycles. The van der Waals surface area contributed by atoms with Crippen LogP contribution in [0.3, 0.4) is 0 Å². The second kappa shape index (κ2) is 5.62. The second-order valence-electron chi connectivity index (χ2n) is 5.64. The number of aromatic nitrogens is 3. The van der Waals surface area contributed by atoms with E-state index in [0.717, 1.165) is 46.7 Å². The van der Waals surface area contributed by atoms with E-state index in [4.69, 9.17) is 11.6 Å². The van der Waals surface area contributed by atoms with E-state index in [9.17, 15) is 4.79 Å². The molecule has 0 bridgehead atoms. The van der Waals surface area contributed by atoms with E-state index in [1.807, 2.05) is 22.6 Å². The lowest BCUT2D eigenvalue weighted by Crippen LogP contribution is -2.29.